The van der Waals surface area contributed by atoms with Crippen molar-refractivity contribution in [3.8, 4) is 11.1 Å². The van der Waals surface area contributed by atoms with Crippen molar-refractivity contribution in [2.45, 2.75) is 18.2 Å². The molecule has 2 aromatic rings. The Bertz CT molecular complexity index is 602. The molecule has 3 rings (SSSR count). The van der Waals surface area contributed by atoms with Crippen molar-refractivity contribution >= 4 is 16.9 Å². The van der Waals surface area contributed by atoms with Gasteiger partial charge in [0.2, 0.25) is 0 Å². The highest BCUT2D eigenvalue weighted by atomic mass is 32.2. The highest BCUT2D eigenvalue weighted by Crippen LogP contribution is 2.38. The summed E-state index contributed by atoms with van der Waals surface area (Å²) in [7, 11) is 0. The summed E-state index contributed by atoms with van der Waals surface area (Å²) in [6.45, 7) is 1.60. The van der Waals surface area contributed by atoms with Gasteiger partial charge in [-0.1, -0.05) is 42.1 Å². The van der Waals surface area contributed by atoms with Gasteiger partial charge in [0.05, 0.1) is 0 Å². The summed E-state index contributed by atoms with van der Waals surface area (Å²) < 4.78 is 0. The van der Waals surface area contributed by atoms with E-state index in [0.717, 1.165) is 11.3 Å². The zero-order chi connectivity index (χ0) is 11.8. The molecule has 0 bridgehead atoms. The lowest BCUT2D eigenvalue weighted by Crippen LogP contribution is -1.84. The average Bonchev–Trinajstić information content (AvgIpc) is 2.66. The largest absolute Gasteiger partial charge is 0.287 e. The second-order valence-electron chi connectivity index (χ2n) is 4.25. The van der Waals surface area contributed by atoms with Gasteiger partial charge in [-0.2, -0.15) is 0 Å². The predicted octanol–water partition coefficient (Wildman–Crippen LogP) is 3.90. The minimum Gasteiger partial charge on any atom is -0.287 e. The molecule has 0 radical (unpaired) electrons. The van der Waals surface area contributed by atoms with Crippen LogP contribution >= 0.6 is 11.8 Å². The summed E-state index contributed by atoms with van der Waals surface area (Å²) in [6, 6.07) is 14.8. The van der Waals surface area contributed by atoms with E-state index in [1.54, 1.807) is 6.92 Å². The van der Waals surface area contributed by atoms with Crippen molar-refractivity contribution in [1.82, 2.24) is 0 Å². The molecule has 0 fully saturated rings. The highest BCUT2D eigenvalue weighted by molar-refractivity contribution is 8.13. The first-order valence-electron chi connectivity index (χ1n) is 5.63. The number of thioether (sulfide) groups is 1. The van der Waals surface area contributed by atoms with Crippen LogP contribution in [0.3, 0.4) is 0 Å². The molecule has 0 N–H and O–H groups in total. The fourth-order valence-electron chi connectivity index (χ4n) is 2.33. The number of fused-ring (bicyclic) bond motifs is 3. The molecule has 0 saturated carbocycles. The van der Waals surface area contributed by atoms with Crippen LogP contribution in [0.1, 0.15) is 18.1 Å². The Morgan fingerprint density at radius 1 is 1.06 bits per heavy atom. The zero-order valence-electron chi connectivity index (χ0n) is 9.57. The molecular formula is C15H12OS. The van der Waals surface area contributed by atoms with Crippen LogP contribution in [-0.2, 0) is 11.2 Å². The normalized spacial score (nSPS) is 12.1. The van der Waals surface area contributed by atoms with Gasteiger partial charge < -0.3 is 0 Å². The Hall–Kier alpha value is -1.54. The van der Waals surface area contributed by atoms with E-state index in [-0.39, 0.29) is 5.12 Å². The van der Waals surface area contributed by atoms with E-state index >= 15 is 0 Å². The summed E-state index contributed by atoms with van der Waals surface area (Å²) in [4.78, 5) is 12.2. The molecule has 1 nitrogen and oxygen atoms in total. The maximum absolute atomic E-state index is 11.1. The maximum Gasteiger partial charge on any atom is 0.190 e. The van der Waals surface area contributed by atoms with Crippen LogP contribution in [0.25, 0.3) is 11.1 Å². The van der Waals surface area contributed by atoms with E-state index in [9.17, 15) is 4.79 Å². The quantitative estimate of drug-likeness (QED) is 0.600. The fraction of sp³-hybridized carbons (Fsp3) is 0.133. The Morgan fingerprint density at radius 2 is 1.82 bits per heavy atom. The average molecular weight is 240 g/mol. The molecule has 17 heavy (non-hydrogen) atoms. The van der Waals surface area contributed by atoms with Crippen LogP contribution in [0, 0.1) is 0 Å². The van der Waals surface area contributed by atoms with Crippen LogP contribution in [0.15, 0.2) is 47.4 Å². The van der Waals surface area contributed by atoms with Gasteiger partial charge in [0.25, 0.3) is 0 Å². The lowest BCUT2D eigenvalue weighted by atomic mass is 10.1. The van der Waals surface area contributed by atoms with Gasteiger partial charge in [0.15, 0.2) is 5.12 Å². The van der Waals surface area contributed by atoms with Crippen LogP contribution in [0.2, 0.25) is 0 Å². The Morgan fingerprint density at radius 3 is 2.65 bits per heavy atom. The molecule has 0 spiro atoms. The van der Waals surface area contributed by atoms with E-state index in [0.29, 0.717) is 0 Å². The monoisotopic (exact) mass is 240 g/mol. The van der Waals surface area contributed by atoms with Crippen molar-refractivity contribution in [3.05, 3.63) is 53.6 Å². The molecule has 1 aliphatic carbocycles. The molecule has 0 saturated heterocycles. The lowest BCUT2D eigenvalue weighted by Gasteiger charge is -2.03. The molecule has 0 aliphatic heterocycles. The van der Waals surface area contributed by atoms with Crippen LogP contribution in [0.4, 0.5) is 0 Å². The van der Waals surface area contributed by atoms with Crippen molar-refractivity contribution in [3.63, 3.8) is 0 Å². The fourth-order valence-corrected chi connectivity index (χ4v) is 2.98. The Balaban J connectivity index is 2.08. The molecule has 0 heterocycles. The molecule has 2 heteroatoms. The predicted molar refractivity (Wildman–Crippen MR) is 71.2 cm³/mol. The third-order valence-corrected chi connectivity index (χ3v) is 3.81. The molecule has 84 valence electrons. The van der Waals surface area contributed by atoms with E-state index < -0.39 is 0 Å². The molecular weight excluding hydrogens is 228 g/mol. The summed E-state index contributed by atoms with van der Waals surface area (Å²) in [5.41, 5.74) is 5.34. The Kier molecular flexibility index (Phi) is 2.52. The SMILES string of the molecule is CC(=O)Sc1ccc2c(c1)-c1ccccc1C2. The summed E-state index contributed by atoms with van der Waals surface area (Å²) >= 11 is 1.30. The molecule has 2 aromatic carbocycles. The first kappa shape index (κ1) is 10.6. The molecule has 1 aliphatic rings. The van der Waals surface area contributed by atoms with Crippen molar-refractivity contribution in [1.29, 1.82) is 0 Å². The highest BCUT2D eigenvalue weighted by Gasteiger charge is 2.18. The Labute approximate surface area is 105 Å². The third kappa shape index (κ3) is 1.89. The van der Waals surface area contributed by atoms with E-state index in [4.69, 9.17) is 0 Å². The molecule has 0 atom stereocenters. The molecule has 0 unspecified atom stereocenters. The summed E-state index contributed by atoms with van der Waals surface area (Å²) in [5, 5.41) is 0.135. The topological polar surface area (TPSA) is 17.1 Å². The first-order valence-corrected chi connectivity index (χ1v) is 6.45. The van der Waals surface area contributed by atoms with Crippen LogP contribution in [-0.4, -0.2) is 5.12 Å². The number of hydrogen-bond donors (Lipinski definition) is 0. The van der Waals surface area contributed by atoms with Gasteiger partial charge in [0.1, 0.15) is 0 Å². The van der Waals surface area contributed by atoms with Crippen molar-refractivity contribution < 1.29 is 4.79 Å². The van der Waals surface area contributed by atoms with E-state index in [2.05, 4.69) is 36.4 Å². The number of hydrogen-bond acceptors (Lipinski definition) is 2. The first-order chi connectivity index (χ1) is 8.24. The van der Waals surface area contributed by atoms with E-state index in [1.807, 2.05) is 6.07 Å². The van der Waals surface area contributed by atoms with Gasteiger partial charge in [-0.15, -0.1) is 0 Å². The number of rotatable bonds is 1. The standard InChI is InChI=1S/C15H12OS/c1-10(16)17-13-7-6-12-8-11-4-2-3-5-14(11)15(12)9-13/h2-7,9H,8H2,1H3. The maximum atomic E-state index is 11.1. The minimum atomic E-state index is 0.135. The van der Waals surface area contributed by atoms with Crippen LogP contribution < -0.4 is 0 Å². The van der Waals surface area contributed by atoms with Gasteiger partial charge in [-0.25, -0.2) is 0 Å². The number of benzene rings is 2. The van der Waals surface area contributed by atoms with Gasteiger partial charge in [0, 0.05) is 11.8 Å². The van der Waals surface area contributed by atoms with Crippen molar-refractivity contribution in [2.24, 2.45) is 0 Å². The lowest BCUT2D eigenvalue weighted by molar-refractivity contribution is -0.109. The van der Waals surface area contributed by atoms with Gasteiger partial charge >= 0.3 is 0 Å². The summed E-state index contributed by atoms with van der Waals surface area (Å²) in [5.74, 6) is 0. The van der Waals surface area contributed by atoms with Gasteiger partial charge in [-0.3, -0.25) is 4.79 Å². The molecule has 0 aromatic heterocycles. The minimum absolute atomic E-state index is 0.135. The van der Waals surface area contributed by atoms with Gasteiger partial charge in [-0.05, 0) is 40.8 Å². The van der Waals surface area contributed by atoms with Crippen LogP contribution in [0.5, 0.6) is 0 Å². The number of carbonyl (C=O) groups excluding carboxylic acids is 1. The van der Waals surface area contributed by atoms with Crippen molar-refractivity contribution in [2.75, 3.05) is 0 Å². The second-order valence-corrected chi connectivity index (χ2v) is 5.50. The second kappa shape index (κ2) is 4.04. The zero-order valence-corrected chi connectivity index (χ0v) is 10.4. The van der Waals surface area contributed by atoms with E-state index in [1.165, 1.54) is 34.0 Å². The number of carbonyl (C=O) groups is 1. The molecule has 0 amide bonds. The smallest absolute Gasteiger partial charge is 0.190 e. The third-order valence-electron chi connectivity index (χ3n) is 3.03. The summed E-state index contributed by atoms with van der Waals surface area (Å²) in [6.07, 6.45) is 1.01.